The average molecular weight is 394 g/mol. The molecular weight excluding hydrogens is 368 g/mol. The molecule has 0 radical (unpaired) electrons. The van der Waals surface area contributed by atoms with Crippen LogP contribution in [0.5, 0.6) is 5.75 Å². The van der Waals surface area contributed by atoms with Crippen LogP contribution in [0.1, 0.15) is 18.4 Å². The van der Waals surface area contributed by atoms with Gasteiger partial charge in [-0.05, 0) is 42.7 Å². The summed E-state index contributed by atoms with van der Waals surface area (Å²) in [5, 5.41) is 9.46. The lowest BCUT2D eigenvalue weighted by Gasteiger charge is -2.39. The zero-order chi connectivity index (χ0) is 19.8. The summed E-state index contributed by atoms with van der Waals surface area (Å²) in [5.41, 5.74) is 2.06. The quantitative estimate of drug-likeness (QED) is 0.857. The fraction of sp³-hybridized carbons (Fsp3) is 0.455. The van der Waals surface area contributed by atoms with Crippen molar-refractivity contribution in [3.05, 3.63) is 54.4 Å². The molecule has 1 N–H and O–H groups in total. The predicted molar refractivity (Wildman–Crippen MR) is 108 cm³/mol. The van der Waals surface area contributed by atoms with Crippen LogP contribution in [0, 0.1) is 0 Å². The van der Waals surface area contributed by atoms with E-state index in [1.54, 1.807) is 12.1 Å². The number of carbonyl (C=O) groups excluding carboxylic acids is 1. The molecule has 4 heterocycles. The monoisotopic (exact) mass is 394 g/mol. The number of rotatable bonds is 3. The molecule has 3 fully saturated rings. The van der Waals surface area contributed by atoms with Crippen LogP contribution in [-0.2, 0) is 16.1 Å². The summed E-state index contributed by atoms with van der Waals surface area (Å²) in [7, 11) is 0. The van der Waals surface area contributed by atoms with Crippen molar-refractivity contribution in [3.63, 3.8) is 0 Å². The Hall–Kier alpha value is -2.64. The first-order chi connectivity index (χ1) is 14.1. The zero-order valence-corrected chi connectivity index (χ0v) is 16.4. The molecule has 3 aliphatic heterocycles. The number of anilines is 1. The number of ether oxygens (including phenoxy) is 1. The molecule has 1 unspecified atom stereocenters. The molecule has 0 saturated carbocycles. The number of aromatic hydroxyl groups is 1. The molecule has 0 bridgehead atoms. The highest BCUT2D eigenvalue weighted by molar-refractivity contribution is 5.79. The number of piperazine rings is 1. The molecule has 2 aromatic rings. The van der Waals surface area contributed by atoms with Crippen LogP contribution >= 0.6 is 0 Å². The molecular formula is C22H26N4O3. The fourth-order valence-corrected chi connectivity index (χ4v) is 4.74. The normalized spacial score (nSPS) is 24.1. The average Bonchev–Trinajstić information content (AvgIpc) is 3.09. The van der Waals surface area contributed by atoms with Gasteiger partial charge in [-0.1, -0.05) is 12.1 Å². The van der Waals surface area contributed by atoms with Crippen LogP contribution in [-0.4, -0.2) is 70.4 Å². The van der Waals surface area contributed by atoms with Crippen molar-refractivity contribution in [3.8, 4) is 5.75 Å². The van der Waals surface area contributed by atoms with E-state index in [9.17, 15) is 9.90 Å². The Balaban J connectivity index is 1.22. The molecule has 1 aromatic carbocycles. The van der Waals surface area contributed by atoms with E-state index >= 15 is 0 Å². The molecule has 7 heteroatoms. The lowest BCUT2D eigenvalue weighted by molar-refractivity contribution is -0.149. The molecule has 3 saturated heterocycles. The molecule has 29 heavy (non-hydrogen) atoms. The summed E-state index contributed by atoms with van der Waals surface area (Å²) in [6.45, 7) is 4.38. The largest absolute Gasteiger partial charge is 0.508 e. The summed E-state index contributed by atoms with van der Waals surface area (Å²) in [6, 6.07) is 11.3. The van der Waals surface area contributed by atoms with Gasteiger partial charge in [0.15, 0.2) is 0 Å². The Bertz CT molecular complexity index is 865. The van der Waals surface area contributed by atoms with Crippen LogP contribution in [0.25, 0.3) is 0 Å². The van der Waals surface area contributed by atoms with Crippen molar-refractivity contribution in [2.45, 2.75) is 31.2 Å². The summed E-state index contributed by atoms with van der Waals surface area (Å²) < 4.78 is 6.52. The topological polar surface area (TPSA) is 69.1 Å². The summed E-state index contributed by atoms with van der Waals surface area (Å²) >= 11 is 0. The van der Waals surface area contributed by atoms with Crippen LogP contribution in [0.4, 0.5) is 5.69 Å². The number of aromatic nitrogens is 1. The maximum absolute atomic E-state index is 12.8. The number of pyridine rings is 1. The van der Waals surface area contributed by atoms with Gasteiger partial charge in [-0.15, -0.1) is 0 Å². The van der Waals surface area contributed by atoms with Crippen molar-refractivity contribution in [2.75, 3.05) is 37.6 Å². The molecule has 1 spiro atoms. The number of phenols is 1. The second-order valence-electron chi connectivity index (χ2n) is 8.31. The van der Waals surface area contributed by atoms with Crippen LogP contribution in [0.15, 0.2) is 48.8 Å². The second kappa shape index (κ2) is 7.31. The molecule has 1 amide bonds. The highest BCUT2D eigenvalue weighted by Crippen LogP contribution is 2.38. The van der Waals surface area contributed by atoms with Crippen LogP contribution < -0.4 is 4.90 Å². The van der Waals surface area contributed by atoms with Gasteiger partial charge in [0.05, 0.1) is 18.7 Å². The fourth-order valence-electron chi connectivity index (χ4n) is 4.74. The number of amides is 1. The number of piperidine rings is 1. The number of phenolic OH excluding ortho intramolecular Hbond substituents is 1. The van der Waals surface area contributed by atoms with Gasteiger partial charge >= 0.3 is 0 Å². The third kappa shape index (κ3) is 3.68. The summed E-state index contributed by atoms with van der Waals surface area (Å²) in [4.78, 5) is 23.3. The minimum absolute atomic E-state index is 0.147. The van der Waals surface area contributed by atoms with Gasteiger partial charge in [-0.2, -0.15) is 0 Å². The Morgan fingerprint density at radius 3 is 2.55 bits per heavy atom. The van der Waals surface area contributed by atoms with Crippen molar-refractivity contribution in [1.29, 1.82) is 0 Å². The highest BCUT2D eigenvalue weighted by Gasteiger charge is 2.50. The first kappa shape index (κ1) is 18.4. The smallest absolute Gasteiger partial charge is 0.238 e. The number of hydrogen-bond acceptors (Lipinski definition) is 6. The molecule has 3 aliphatic rings. The third-order valence-corrected chi connectivity index (χ3v) is 6.33. The van der Waals surface area contributed by atoms with Gasteiger partial charge in [0.1, 0.15) is 12.0 Å². The van der Waals surface area contributed by atoms with Gasteiger partial charge in [-0.3, -0.25) is 14.7 Å². The SMILES string of the molecule is O=C1CN(Cc2ccc(O)cc2)CC2OC3(CCN(c4ccncc4)CC3)CN12. The van der Waals surface area contributed by atoms with E-state index in [1.807, 2.05) is 41.6 Å². The minimum atomic E-state index is -0.224. The van der Waals surface area contributed by atoms with E-state index in [0.717, 1.165) is 38.0 Å². The molecule has 1 atom stereocenters. The maximum Gasteiger partial charge on any atom is 0.238 e. The van der Waals surface area contributed by atoms with Crippen molar-refractivity contribution in [2.24, 2.45) is 0 Å². The Labute approximate surface area is 170 Å². The van der Waals surface area contributed by atoms with E-state index in [2.05, 4.69) is 14.8 Å². The van der Waals surface area contributed by atoms with E-state index in [0.29, 0.717) is 19.6 Å². The number of fused-ring (bicyclic) bond motifs is 1. The molecule has 1 aromatic heterocycles. The van der Waals surface area contributed by atoms with Crippen molar-refractivity contribution < 1.29 is 14.6 Å². The van der Waals surface area contributed by atoms with E-state index in [-0.39, 0.29) is 23.5 Å². The van der Waals surface area contributed by atoms with Gasteiger partial charge in [0, 0.05) is 44.3 Å². The Morgan fingerprint density at radius 1 is 1.10 bits per heavy atom. The summed E-state index contributed by atoms with van der Waals surface area (Å²) in [5.74, 6) is 0.405. The Kier molecular flexibility index (Phi) is 4.64. The minimum Gasteiger partial charge on any atom is -0.508 e. The second-order valence-corrected chi connectivity index (χ2v) is 8.31. The third-order valence-electron chi connectivity index (χ3n) is 6.33. The molecule has 0 aliphatic carbocycles. The van der Waals surface area contributed by atoms with Crippen molar-refractivity contribution in [1.82, 2.24) is 14.8 Å². The maximum atomic E-state index is 12.8. The lowest BCUT2D eigenvalue weighted by atomic mass is 9.91. The first-order valence-electron chi connectivity index (χ1n) is 10.2. The number of nitrogens with zero attached hydrogens (tertiary/aromatic N) is 4. The van der Waals surface area contributed by atoms with Crippen molar-refractivity contribution >= 4 is 11.6 Å². The predicted octanol–water partition coefficient (Wildman–Crippen LogP) is 1.83. The standard InChI is InChI=1S/C22H26N4O3/c27-19-3-1-17(2-4-19)13-24-14-20(28)26-16-22(29-21(26)15-24)7-11-25(12-8-22)18-5-9-23-10-6-18/h1-6,9-10,21,27H,7-8,11-16H2. The Morgan fingerprint density at radius 2 is 1.83 bits per heavy atom. The van der Waals surface area contributed by atoms with Gasteiger partial charge in [0.25, 0.3) is 0 Å². The van der Waals surface area contributed by atoms with E-state index in [1.165, 1.54) is 5.69 Å². The van der Waals surface area contributed by atoms with E-state index in [4.69, 9.17) is 4.74 Å². The zero-order valence-electron chi connectivity index (χ0n) is 16.4. The lowest BCUT2D eigenvalue weighted by Crippen LogP contribution is -2.53. The van der Waals surface area contributed by atoms with Gasteiger partial charge < -0.3 is 19.6 Å². The van der Waals surface area contributed by atoms with Crippen LogP contribution in [0.3, 0.4) is 0 Å². The number of carbonyl (C=O) groups is 1. The molecule has 5 rings (SSSR count). The molecule has 152 valence electrons. The number of benzene rings is 1. The summed E-state index contributed by atoms with van der Waals surface area (Å²) in [6.07, 6.45) is 5.34. The highest BCUT2D eigenvalue weighted by atomic mass is 16.5. The first-order valence-corrected chi connectivity index (χ1v) is 10.2. The number of hydrogen-bond donors (Lipinski definition) is 1. The molecule has 7 nitrogen and oxygen atoms in total. The van der Waals surface area contributed by atoms with Crippen LogP contribution in [0.2, 0.25) is 0 Å². The van der Waals surface area contributed by atoms with Gasteiger partial charge in [-0.25, -0.2) is 0 Å². The van der Waals surface area contributed by atoms with Gasteiger partial charge in [0.2, 0.25) is 5.91 Å². The van der Waals surface area contributed by atoms with E-state index < -0.39 is 0 Å².